The Morgan fingerprint density at radius 1 is 1.28 bits per heavy atom. The van der Waals surface area contributed by atoms with E-state index in [4.69, 9.17) is 4.74 Å². The molecule has 1 aliphatic heterocycles. The molecule has 1 fully saturated rings. The van der Waals surface area contributed by atoms with Crippen molar-refractivity contribution < 1.29 is 4.74 Å². The minimum absolute atomic E-state index is 0.521. The third-order valence-electron chi connectivity index (χ3n) is 3.56. The van der Waals surface area contributed by atoms with Gasteiger partial charge in [0.1, 0.15) is 5.75 Å². The molecule has 1 N–H and O–H groups in total. The fourth-order valence-corrected chi connectivity index (χ4v) is 2.55. The summed E-state index contributed by atoms with van der Waals surface area (Å²) in [5.41, 5.74) is 1.23. The summed E-state index contributed by atoms with van der Waals surface area (Å²) in [6.07, 6.45) is 2.72. The van der Waals surface area contributed by atoms with Gasteiger partial charge < -0.3 is 15.0 Å². The minimum atomic E-state index is 0.521. The Morgan fingerprint density at radius 3 is 2.72 bits per heavy atom. The van der Waals surface area contributed by atoms with Crippen LogP contribution < -0.4 is 10.1 Å². The van der Waals surface area contributed by atoms with Gasteiger partial charge >= 0.3 is 0 Å². The van der Waals surface area contributed by atoms with Crippen LogP contribution in [0.15, 0.2) is 24.3 Å². The lowest BCUT2D eigenvalue weighted by Gasteiger charge is -2.21. The topological polar surface area (TPSA) is 24.5 Å². The molecule has 0 bridgehead atoms. The smallest absolute Gasteiger partial charge is 0.123 e. The molecule has 1 aromatic carbocycles. The van der Waals surface area contributed by atoms with E-state index in [0.29, 0.717) is 6.04 Å². The van der Waals surface area contributed by atoms with E-state index in [1.807, 2.05) is 12.1 Å². The zero-order valence-electron chi connectivity index (χ0n) is 11.5. The van der Waals surface area contributed by atoms with E-state index in [-0.39, 0.29) is 0 Å². The van der Waals surface area contributed by atoms with Gasteiger partial charge in [0, 0.05) is 24.7 Å². The van der Waals surface area contributed by atoms with Crippen molar-refractivity contribution in [3.8, 4) is 5.75 Å². The molecule has 1 aromatic rings. The van der Waals surface area contributed by atoms with Gasteiger partial charge in [0.2, 0.25) is 0 Å². The maximum Gasteiger partial charge on any atom is 0.123 e. The Labute approximate surface area is 110 Å². The molecule has 3 heteroatoms. The van der Waals surface area contributed by atoms with Crippen LogP contribution in [0.5, 0.6) is 5.75 Å². The van der Waals surface area contributed by atoms with Crippen LogP contribution in [-0.4, -0.2) is 37.7 Å². The fraction of sp³-hybridized carbons (Fsp3) is 0.600. The average Bonchev–Trinajstić information content (AvgIpc) is 2.89. The lowest BCUT2D eigenvalue weighted by molar-refractivity contribution is 0.297. The number of benzene rings is 1. The summed E-state index contributed by atoms with van der Waals surface area (Å²) < 4.78 is 5.36. The van der Waals surface area contributed by atoms with Crippen molar-refractivity contribution in [1.29, 1.82) is 0 Å². The standard InChI is InChI=1S/C15H24N2O/c1-13(12-17-9-5-6-10-17)16-11-14-7-3-4-8-15(14)18-2/h3-4,7-8,13,16H,5-6,9-12H2,1-2H3. The molecule has 0 saturated carbocycles. The van der Waals surface area contributed by atoms with E-state index in [9.17, 15) is 0 Å². The number of hydrogen-bond donors (Lipinski definition) is 1. The molecule has 1 aliphatic rings. The fourth-order valence-electron chi connectivity index (χ4n) is 2.55. The lowest BCUT2D eigenvalue weighted by Crippen LogP contribution is -2.37. The molecule has 100 valence electrons. The number of hydrogen-bond acceptors (Lipinski definition) is 3. The molecule has 2 rings (SSSR count). The van der Waals surface area contributed by atoms with E-state index in [0.717, 1.165) is 18.8 Å². The van der Waals surface area contributed by atoms with Crippen LogP contribution in [-0.2, 0) is 6.54 Å². The minimum Gasteiger partial charge on any atom is -0.496 e. The highest BCUT2D eigenvalue weighted by Gasteiger charge is 2.14. The van der Waals surface area contributed by atoms with Crippen LogP contribution in [0, 0.1) is 0 Å². The van der Waals surface area contributed by atoms with Gasteiger partial charge in [0.05, 0.1) is 7.11 Å². The highest BCUT2D eigenvalue weighted by molar-refractivity contribution is 5.32. The summed E-state index contributed by atoms with van der Waals surface area (Å²) >= 11 is 0. The van der Waals surface area contributed by atoms with E-state index in [1.165, 1.54) is 31.5 Å². The second-order valence-corrected chi connectivity index (χ2v) is 5.10. The number of rotatable bonds is 6. The van der Waals surface area contributed by atoms with Gasteiger partial charge in [-0.05, 0) is 38.9 Å². The molecule has 18 heavy (non-hydrogen) atoms. The van der Waals surface area contributed by atoms with Gasteiger partial charge in [-0.2, -0.15) is 0 Å². The molecule has 1 saturated heterocycles. The van der Waals surface area contributed by atoms with Gasteiger partial charge in [-0.25, -0.2) is 0 Å². The molecule has 1 unspecified atom stereocenters. The van der Waals surface area contributed by atoms with E-state index >= 15 is 0 Å². The molecule has 0 radical (unpaired) electrons. The third kappa shape index (κ3) is 3.72. The van der Waals surface area contributed by atoms with Crippen molar-refractivity contribution >= 4 is 0 Å². The maximum atomic E-state index is 5.36. The number of para-hydroxylation sites is 1. The summed E-state index contributed by atoms with van der Waals surface area (Å²) in [6.45, 7) is 6.81. The van der Waals surface area contributed by atoms with E-state index in [2.05, 4.69) is 29.3 Å². The van der Waals surface area contributed by atoms with Crippen molar-refractivity contribution in [3.05, 3.63) is 29.8 Å². The normalized spacial score (nSPS) is 17.9. The van der Waals surface area contributed by atoms with Crippen molar-refractivity contribution in [1.82, 2.24) is 10.2 Å². The van der Waals surface area contributed by atoms with Gasteiger partial charge in [0.15, 0.2) is 0 Å². The SMILES string of the molecule is COc1ccccc1CNC(C)CN1CCCC1. The molecular formula is C15H24N2O. The first-order chi connectivity index (χ1) is 8.79. The third-order valence-corrected chi connectivity index (χ3v) is 3.56. The molecule has 1 heterocycles. The zero-order valence-corrected chi connectivity index (χ0v) is 11.5. The highest BCUT2D eigenvalue weighted by atomic mass is 16.5. The lowest BCUT2D eigenvalue weighted by atomic mass is 10.2. The van der Waals surface area contributed by atoms with E-state index in [1.54, 1.807) is 7.11 Å². The van der Waals surface area contributed by atoms with Crippen LogP contribution in [0.2, 0.25) is 0 Å². The molecule has 3 nitrogen and oxygen atoms in total. The molecule has 0 aromatic heterocycles. The maximum absolute atomic E-state index is 5.36. The second-order valence-electron chi connectivity index (χ2n) is 5.10. The summed E-state index contributed by atoms with van der Waals surface area (Å²) in [4.78, 5) is 2.54. The molecule has 1 atom stereocenters. The number of likely N-dealkylation sites (tertiary alicyclic amines) is 1. The van der Waals surface area contributed by atoms with Crippen LogP contribution in [0.25, 0.3) is 0 Å². The second kappa shape index (κ2) is 6.76. The largest absolute Gasteiger partial charge is 0.496 e. The van der Waals surface area contributed by atoms with Crippen molar-refractivity contribution in [2.45, 2.75) is 32.4 Å². The Balaban J connectivity index is 1.79. The molecular weight excluding hydrogens is 224 g/mol. The van der Waals surface area contributed by atoms with E-state index < -0.39 is 0 Å². The van der Waals surface area contributed by atoms with Crippen molar-refractivity contribution in [2.75, 3.05) is 26.7 Å². The predicted octanol–water partition coefficient (Wildman–Crippen LogP) is 2.27. The van der Waals surface area contributed by atoms with Crippen molar-refractivity contribution in [3.63, 3.8) is 0 Å². The van der Waals surface area contributed by atoms with Crippen LogP contribution in [0.1, 0.15) is 25.3 Å². The molecule has 0 aliphatic carbocycles. The van der Waals surface area contributed by atoms with Crippen molar-refractivity contribution in [2.24, 2.45) is 0 Å². The summed E-state index contributed by atoms with van der Waals surface area (Å²) in [6, 6.07) is 8.73. The number of nitrogens with zero attached hydrogens (tertiary/aromatic N) is 1. The quantitative estimate of drug-likeness (QED) is 0.836. The Kier molecular flexibility index (Phi) is 5.02. The van der Waals surface area contributed by atoms with Gasteiger partial charge in [-0.3, -0.25) is 0 Å². The summed E-state index contributed by atoms with van der Waals surface area (Å²) in [5.74, 6) is 0.971. The molecule has 0 spiro atoms. The van der Waals surface area contributed by atoms with Gasteiger partial charge in [-0.15, -0.1) is 0 Å². The molecule has 0 amide bonds. The Bertz CT molecular complexity index is 361. The zero-order chi connectivity index (χ0) is 12.8. The number of methoxy groups -OCH3 is 1. The van der Waals surface area contributed by atoms with Crippen LogP contribution in [0.4, 0.5) is 0 Å². The Hall–Kier alpha value is -1.06. The Morgan fingerprint density at radius 2 is 2.00 bits per heavy atom. The van der Waals surface area contributed by atoms with Crippen LogP contribution in [0.3, 0.4) is 0 Å². The monoisotopic (exact) mass is 248 g/mol. The van der Waals surface area contributed by atoms with Gasteiger partial charge in [0.25, 0.3) is 0 Å². The summed E-state index contributed by atoms with van der Waals surface area (Å²) in [5, 5.41) is 3.58. The first kappa shape index (κ1) is 13.4. The summed E-state index contributed by atoms with van der Waals surface area (Å²) in [7, 11) is 1.73. The predicted molar refractivity (Wildman–Crippen MR) is 75.0 cm³/mol. The highest BCUT2D eigenvalue weighted by Crippen LogP contribution is 2.17. The number of nitrogens with one attached hydrogen (secondary N) is 1. The number of ether oxygens (including phenoxy) is 1. The average molecular weight is 248 g/mol. The van der Waals surface area contributed by atoms with Gasteiger partial charge in [-0.1, -0.05) is 18.2 Å². The van der Waals surface area contributed by atoms with Crippen LogP contribution >= 0.6 is 0 Å². The first-order valence-corrected chi connectivity index (χ1v) is 6.87. The first-order valence-electron chi connectivity index (χ1n) is 6.87.